The Kier molecular flexibility index (Phi) is 4.47. The van der Waals surface area contributed by atoms with Crippen molar-refractivity contribution in [2.45, 2.75) is 31.7 Å². The smallest absolute Gasteiger partial charge is 0.237 e. The number of hydrogen-bond acceptors (Lipinski definition) is 2. The van der Waals surface area contributed by atoms with Crippen molar-refractivity contribution in [1.82, 2.24) is 10.6 Å². The lowest BCUT2D eigenvalue weighted by Crippen LogP contribution is -2.48. The van der Waals surface area contributed by atoms with Crippen LogP contribution in [0.15, 0.2) is 18.2 Å². The molecule has 1 amide bonds. The zero-order valence-electron chi connectivity index (χ0n) is 10.9. The largest absolute Gasteiger partial charge is 0.355 e. The number of carbonyl (C=O) groups is 1. The van der Waals surface area contributed by atoms with Crippen LogP contribution in [-0.2, 0) is 4.79 Å². The fourth-order valence-electron chi connectivity index (χ4n) is 2.48. The molecule has 1 aliphatic rings. The van der Waals surface area contributed by atoms with Gasteiger partial charge in [-0.1, -0.05) is 6.07 Å². The molecule has 2 unspecified atom stereocenters. The molecule has 104 valence electrons. The Hall–Kier alpha value is -1.49. The zero-order valence-corrected chi connectivity index (χ0v) is 10.9. The molecule has 1 fully saturated rings. The van der Waals surface area contributed by atoms with Crippen molar-refractivity contribution < 1.29 is 13.6 Å². The standard InChI is InChI=1S/C14H18F2N2O/c1-2-17-14(19)13-8-10(5-6-18-13)9-3-4-11(15)12(16)7-9/h3-4,7,10,13,18H,2,5-6,8H2,1H3,(H,17,19). The van der Waals surface area contributed by atoms with Gasteiger partial charge in [-0.05, 0) is 49.9 Å². The molecule has 5 heteroatoms. The minimum absolute atomic E-state index is 0.0326. The number of carbonyl (C=O) groups excluding carboxylic acids is 1. The molecule has 0 aromatic heterocycles. The Balaban J connectivity index is 2.08. The van der Waals surface area contributed by atoms with Gasteiger partial charge in [0.05, 0.1) is 6.04 Å². The van der Waals surface area contributed by atoms with Crippen LogP contribution >= 0.6 is 0 Å². The first-order chi connectivity index (χ1) is 9.11. The van der Waals surface area contributed by atoms with Crippen LogP contribution in [0.1, 0.15) is 31.2 Å². The third-order valence-electron chi connectivity index (χ3n) is 3.49. The van der Waals surface area contributed by atoms with Crippen LogP contribution in [0.3, 0.4) is 0 Å². The van der Waals surface area contributed by atoms with Crippen molar-refractivity contribution in [2.75, 3.05) is 13.1 Å². The number of hydrogen-bond donors (Lipinski definition) is 2. The summed E-state index contributed by atoms with van der Waals surface area (Å²) in [6, 6.07) is 3.73. The van der Waals surface area contributed by atoms with Crippen LogP contribution in [0.25, 0.3) is 0 Å². The second-order valence-electron chi connectivity index (χ2n) is 4.80. The predicted octanol–water partition coefficient (Wildman–Crippen LogP) is 1.94. The molecule has 0 saturated carbocycles. The number of piperidine rings is 1. The first kappa shape index (κ1) is 13.9. The lowest BCUT2D eigenvalue weighted by Gasteiger charge is -2.29. The predicted molar refractivity (Wildman–Crippen MR) is 68.8 cm³/mol. The van der Waals surface area contributed by atoms with E-state index >= 15 is 0 Å². The molecule has 1 aromatic carbocycles. The number of likely N-dealkylation sites (N-methyl/N-ethyl adjacent to an activating group) is 1. The fourth-order valence-corrected chi connectivity index (χ4v) is 2.48. The molecule has 0 bridgehead atoms. The van der Waals surface area contributed by atoms with Crippen LogP contribution in [0.5, 0.6) is 0 Å². The highest BCUT2D eigenvalue weighted by Gasteiger charge is 2.27. The average molecular weight is 268 g/mol. The van der Waals surface area contributed by atoms with Crippen molar-refractivity contribution in [3.8, 4) is 0 Å². The summed E-state index contributed by atoms with van der Waals surface area (Å²) in [5.74, 6) is -1.61. The van der Waals surface area contributed by atoms with E-state index < -0.39 is 11.6 Å². The van der Waals surface area contributed by atoms with Gasteiger partial charge in [-0.2, -0.15) is 0 Å². The summed E-state index contributed by atoms with van der Waals surface area (Å²) in [7, 11) is 0. The highest BCUT2D eigenvalue weighted by atomic mass is 19.2. The number of nitrogens with one attached hydrogen (secondary N) is 2. The summed E-state index contributed by atoms with van der Waals surface area (Å²) >= 11 is 0. The molecule has 0 spiro atoms. The molecule has 2 rings (SSSR count). The zero-order chi connectivity index (χ0) is 13.8. The second kappa shape index (κ2) is 6.10. The van der Waals surface area contributed by atoms with E-state index in [-0.39, 0.29) is 17.9 Å². The number of rotatable bonds is 3. The summed E-state index contributed by atoms with van der Waals surface area (Å²) in [5, 5.41) is 5.92. The molecule has 19 heavy (non-hydrogen) atoms. The van der Waals surface area contributed by atoms with E-state index in [1.165, 1.54) is 6.07 Å². The van der Waals surface area contributed by atoms with Gasteiger partial charge >= 0.3 is 0 Å². The maximum absolute atomic E-state index is 13.2. The molecule has 0 aliphatic carbocycles. The van der Waals surface area contributed by atoms with Gasteiger partial charge in [-0.15, -0.1) is 0 Å². The number of amides is 1. The van der Waals surface area contributed by atoms with Gasteiger partial charge in [-0.3, -0.25) is 4.79 Å². The third-order valence-corrected chi connectivity index (χ3v) is 3.49. The summed E-state index contributed by atoms with van der Waals surface area (Å²) in [6.07, 6.45) is 1.43. The molecule has 1 heterocycles. The van der Waals surface area contributed by atoms with E-state index in [9.17, 15) is 13.6 Å². The van der Waals surface area contributed by atoms with E-state index in [1.807, 2.05) is 6.92 Å². The highest BCUT2D eigenvalue weighted by molar-refractivity contribution is 5.81. The Morgan fingerprint density at radius 1 is 1.42 bits per heavy atom. The molecule has 3 nitrogen and oxygen atoms in total. The normalized spacial score (nSPS) is 23.1. The van der Waals surface area contributed by atoms with E-state index in [0.717, 1.165) is 18.1 Å². The molecule has 2 atom stereocenters. The lowest BCUT2D eigenvalue weighted by atomic mass is 9.86. The van der Waals surface area contributed by atoms with E-state index in [4.69, 9.17) is 0 Å². The molecular weight excluding hydrogens is 250 g/mol. The maximum Gasteiger partial charge on any atom is 0.237 e. The van der Waals surface area contributed by atoms with Crippen LogP contribution in [0.4, 0.5) is 8.78 Å². The van der Waals surface area contributed by atoms with Gasteiger partial charge in [0.25, 0.3) is 0 Å². The van der Waals surface area contributed by atoms with Crippen LogP contribution in [0.2, 0.25) is 0 Å². The van der Waals surface area contributed by atoms with Gasteiger partial charge in [0.1, 0.15) is 0 Å². The van der Waals surface area contributed by atoms with Crippen molar-refractivity contribution in [2.24, 2.45) is 0 Å². The average Bonchev–Trinajstić information content (AvgIpc) is 2.42. The summed E-state index contributed by atoms with van der Waals surface area (Å²) in [6.45, 7) is 3.16. The minimum Gasteiger partial charge on any atom is -0.355 e. The molecule has 2 N–H and O–H groups in total. The molecule has 1 saturated heterocycles. The van der Waals surface area contributed by atoms with E-state index in [1.54, 1.807) is 6.07 Å². The van der Waals surface area contributed by atoms with E-state index in [2.05, 4.69) is 10.6 Å². The Morgan fingerprint density at radius 2 is 2.21 bits per heavy atom. The molecule has 0 radical (unpaired) electrons. The van der Waals surface area contributed by atoms with Crippen molar-refractivity contribution in [3.05, 3.63) is 35.4 Å². The van der Waals surface area contributed by atoms with Crippen molar-refractivity contribution in [1.29, 1.82) is 0 Å². The first-order valence-electron chi connectivity index (χ1n) is 6.58. The first-order valence-corrected chi connectivity index (χ1v) is 6.58. The Bertz CT molecular complexity index is 465. The van der Waals surface area contributed by atoms with Crippen LogP contribution < -0.4 is 10.6 Å². The van der Waals surface area contributed by atoms with Crippen LogP contribution in [0, 0.1) is 11.6 Å². The Morgan fingerprint density at radius 3 is 2.89 bits per heavy atom. The maximum atomic E-state index is 13.2. The highest BCUT2D eigenvalue weighted by Crippen LogP contribution is 2.28. The summed E-state index contributed by atoms with van der Waals surface area (Å²) in [5.41, 5.74) is 0.759. The number of halogens is 2. The third kappa shape index (κ3) is 3.29. The van der Waals surface area contributed by atoms with Gasteiger partial charge in [0.15, 0.2) is 11.6 Å². The van der Waals surface area contributed by atoms with Gasteiger partial charge in [0.2, 0.25) is 5.91 Å². The van der Waals surface area contributed by atoms with Crippen molar-refractivity contribution in [3.63, 3.8) is 0 Å². The second-order valence-corrected chi connectivity index (χ2v) is 4.80. The van der Waals surface area contributed by atoms with Gasteiger partial charge in [0, 0.05) is 6.54 Å². The Labute approximate surface area is 111 Å². The van der Waals surface area contributed by atoms with Gasteiger partial charge < -0.3 is 10.6 Å². The molecule has 1 aliphatic heterocycles. The quantitative estimate of drug-likeness (QED) is 0.879. The molecule has 1 aromatic rings. The van der Waals surface area contributed by atoms with Gasteiger partial charge in [-0.25, -0.2) is 8.78 Å². The SMILES string of the molecule is CCNC(=O)C1CC(c2ccc(F)c(F)c2)CCN1. The van der Waals surface area contributed by atoms with Crippen LogP contribution in [-0.4, -0.2) is 25.0 Å². The lowest BCUT2D eigenvalue weighted by molar-refractivity contribution is -0.123. The van der Waals surface area contributed by atoms with Crippen molar-refractivity contribution >= 4 is 5.91 Å². The summed E-state index contributed by atoms with van der Waals surface area (Å²) in [4.78, 5) is 11.8. The molecular formula is C14H18F2N2O. The number of benzene rings is 1. The topological polar surface area (TPSA) is 41.1 Å². The minimum atomic E-state index is -0.835. The van der Waals surface area contributed by atoms with E-state index in [0.29, 0.717) is 19.5 Å². The summed E-state index contributed by atoms with van der Waals surface area (Å²) < 4.78 is 26.2. The monoisotopic (exact) mass is 268 g/mol. The fraction of sp³-hybridized carbons (Fsp3) is 0.500.